The molecular weight excluding hydrogens is 436 g/mol. The van der Waals surface area contributed by atoms with Crippen LogP contribution in [-0.4, -0.2) is 32.2 Å². The second-order valence-corrected chi connectivity index (χ2v) is 8.89. The highest BCUT2D eigenvalue weighted by Crippen LogP contribution is 2.25. The highest BCUT2D eigenvalue weighted by molar-refractivity contribution is 5.82. The van der Waals surface area contributed by atoms with Crippen LogP contribution in [0.1, 0.15) is 37.0 Å². The van der Waals surface area contributed by atoms with E-state index in [1.807, 2.05) is 63.4 Å². The largest absolute Gasteiger partial charge is 0.492 e. The molecule has 3 N–H and O–H groups in total. The van der Waals surface area contributed by atoms with Gasteiger partial charge in [0.2, 0.25) is 0 Å². The summed E-state index contributed by atoms with van der Waals surface area (Å²) < 4.78 is 11.2. The predicted octanol–water partition coefficient (Wildman–Crippen LogP) is 5.35. The van der Waals surface area contributed by atoms with Crippen LogP contribution in [0, 0.1) is 5.92 Å². The van der Waals surface area contributed by atoms with Crippen molar-refractivity contribution < 1.29 is 14.3 Å². The van der Waals surface area contributed by atoms with Crippen molar-refractivity contribution in [3.63, 3.8) is 0 Å². The Bertz CT molecular complexity index is 1070. The first kappa shape index (κ1) is 26.2. The van der Waals surface area contributed by atoms with Gasteiger partial charge in [0.1, 0.15) is 24.1 Å². The number of esters is 1. The number of benzene rings is 3. The number of aryl methyl sites for hydroxylation is 1. The molecule has 0 aliphatic heterocycles. The van der Waals surface area contributed by atoms with Crippen LogP contribution in [0.5, 0.6) is 11.5 Å². The molecular formula is C30H36N2O3. The van der Waals surface area contributed by atoms with E-state index in [4.69, 9.17) is 15.2 Å². The monoisotopic (exact) mass is 472 g/mol. The maximum atomic E-state index is 12.1. The fourth-order valence-electron chi connectivity index (χ4n) is 3.54. The summed E-state index contributed by atoms with van der Waals surface area (Å²) in [5, 5.41) is 3.08. The van der Waals surface area contributed by atoms with Crippen LogP contribution in [0.2, 0.25) is 0 Å². The third-order valence-corrected chi connectivity index (χ3v) is 5.80. The van der Waals surface area contributed by atoms with Crippen molar-refractivity contribution in [1.82, 2.24) is 5.32 Å². The van der Waals surface area contributed by atoms with Crippen molar-refractivity contribution in [2.45, 2.75) is 32.7 Å². The Kier molecular flexibility index (Phi) is 10.1. The van der Waals surface area contributed by atoms with E-state index in [0.29, 0.717) is 12.4 Å². The molecule has 5 nitrogen and oxygen atoms in total. The molecule has 1 atom stereocenters. The van der Waals surface area contributed by atoms with Crippen LogP contribution < -0.4 is 20.5 Å². The molecule has 0 fully saturated rings. The molecule has 0 radical (unpaired) electrons. The quantitative estimate of drug-likeness (QED) is 0.161. The van der Waals surface area contributed by atoms with Gasteiger partial charge in [0.15, 0.2) is 0 Å². The number of nitrogens with two attached hydrogens (primary N) is 1. The van der Waals surface area contributed by atoms with Gasteiger partial charge in [0.25, 0.3) is 0 Å². The van der Waals surface area contributed by atoms with Gasteiger partial charge in [-0.3, -0.25) is 0 Å². The number of nitrogens with one attached hydrogen (secondary N) is 1. The molecule has 0 saturated carbocycles. The molecule has 0 spiro atoms. The van der Waals surface area contributed by atoms with E-state index in [0.717, 1.165) is 30.7 Å². The number of allylic oxidation sites excluding steroid dienone is 1. The van der Waals surface area contributed by atoms with Crippen molar-refractivity contribution in [2.75, 3.05) is 20.2 Å². The normalized spacial score (nSPS) is 12.4. The molecule has 1 unspecified atom stereocenters. The summed E-state index contributed by atoms with van der Waals surface area (Å²) in [5.74, 6) is 1.01. The number of carbonyl (C=O) groups excluding carboxylic acids is 1. The minimum Gasteiger partial charge on any atom is -0.492 e. The Hall–Kier alpha value is -3.41. The Labute approximate surface area is 209 Å². The fraction of sp³-hybridized carbons (Fsp3) is 0.300. The minimum atomic E-state index is -0.631. The van der Waals surface area contributed by atoms with Crippen molar-refractivity contribution in [3.8, 4) is 11.5 Å². The average Bonchev–Trinajstić information content (AvgIpc) is 2.88. The summed E-state index contributed by atoms with van der Waals surface area (Å²) in [6, 6.07) is 25.6. The second kappa shape index (κ2) is 13.5. The lowest BCUT2D eigenvalue weighted by molar-refractivity contribution is -0.136. The molecule has 0 saturated heterocycles. The number of likely N-dealkylation sites (N-methyl/N-ethyl adjacent to an activating group) is 1. The Morgan fingerprint density at radius 3 is 2.23 bits per heavy atom. The lowest BCUT2D eigenvalue weighted by Gasteiger charge is -2.14. The Balaban J connectivity index is 1.69. The summed E-state index contributed by atoms with van der Waals surface area (Å²) >= 11 is 0. The van der Waals surface area contributed by atoms with E-state index in [-0.39, 0.29) is 5.92 Å². The molecule has 0 aliphatic rings. The Morgan fingerprint density at radius 1 is 0.943 bits per heavy atom. The van der Waals surface area contributed by atoms with Gasteiger partial charge in [0.05, 0.1) is 0 Å². The van der Waals surface area contributed by atoms with Gasteiger partial charge in [-0.15, -0.1) is 0 Å². The zero-order valence-electron chi connectivity index (χ0n) is 20.9. The molecule has 0 amide bonds. The molecule has 3 aromatic rings. The number of carbonyl (C=O) groups is 1. The van der Waals surface area contributed by atoms with Crippen LogP contribution in [0.3, 0.4) is 0 Å². The van der Waals surface area contributed by atoms with Gasteiger partial charge in [-0.25, -0.2) is 4.79 Å². The summed E-state index contributed by atoms with van der Waals surface area (Å²) in [7, 11) is 1.91. The highest BCUT2D eigenvalue weighted by atomic mass is 16.5. The highest BCUT2D eigenvalue weighted by Gasteiger charge is 2.19. The number of hydrogen-bond donors (Lipinski definition) is 2. The summed E-state index contributed by atoms with van der Waals surface area (Å²) in [5.41, 5.74) is 10.6. The molecule has 5 heteroatoms. The van der Waals surface area contributed by atoms with Gasteiger partial charge in [-0.1, -0.05) is 74.5 Å². The standard InChI is InChI=1S/C30H36N2O3/c1-22(2)29(31)30(33)35-28-17-12-24(13-18-28)21-26(25-7-5-4-6-8-25)14-9-23-10-15-27(16-11-23)34-20-19-32-3/h4-8,10-13,15-18,21-22,29,32H,9,14,19-20,31H2,1-3H3/b26-21-. The fourth-order valence-corrected chi connectivity index (χ4v) is 3.54. The number of rotatable bonds is 12. The zero-order chi connectivity index (χ0) is 25.0. The first-order valence-corrected chi connectivity index (χ1v) is 12.2. The van der Waals surface area contributed by atoms with Crippen LogP contribution in [0.4, 0.5) is 0 Å². The molecule has 0 heterocycles. The maximum absolute atomic E-state index is 12.1. The van der Waals surface area contributed by atoms with E-state index in [2.05, 4.69) is 47.8 Å². The minimum absolute atomic E-state index is 0.0280. The van der Waals surface area contributed by atoms with Gasteiger partial charge in [-0.2, -0.15) is 0 Å². The van der Waals surface area contributed by atoms with E-state index in [9.17, 15) is 4.79 Å². The summed E-state index contributed by atoms with van der Waals surface area (Å²) in [4.78, 5) is 12.1. The van der Waals surface area contributed by atoms with Crippen molar-refractivity contribution >= 4 is 17.6 Å². The lowest BCUT2D eigenvalue weighted by atomic mass is 9.96. The third-order valence-electron chi connectivity index (χ3n) is 5.80. The van der Waals surface area contributed by atoms with Crippen LogP contribution >= 0.6 is 0 Å². The van der Waals surface area contributed by atoms with Crippen LogP contribution in [-0.2, 0) is 11.2 Å². The van der Waals surface area contributed by atoms with E-state index < -0.39 is 12.0 Å². The Morgan fingerprint density at radius 2 is 1.60 bits per heavy atom. The van der Waals surface area contributed by atoms with Gasteiger partial charge < -0.3 is 20.5 Å². The first-order chi connectivity index (χ1) is 17.0. The topological polar surface area (TPSA) is 73.6 Å². The molecule has 35 heavy (non-hydrogen) atoms. The third kappa shape index (κ3) is 8.39. The van der Waals surface area contributed by atoms with E-state index in [1.54, 1.807) is 0 Å². The van der Waals surface area contributed by atoms with Gasteiger partial charge in [0, 0.05) is 6.54 Å². The van der Waals surface area contributed by atoms with Crippen LogP contribution in [0.25, 0.3) is 11.6 Å². The summed E-state index contributed by atoms with van der Waals surface area (Å²) in [6.45, 7) is 5.28. The van der Waals surface area contributed by atoms with E-state index in [1.165, 1.54) is 16.7 Å². The van der Waals surface area contributed by atoms with E-state index >= 15 is 0 Å². The first-order valence-electron chi connectivity index (χ1n) is 12.2. The molecule has 0 aromatic heterocycles. The van der Waals surface area contributed by atoms with Crippen molar-refractivity contribution in [1.29, 1.82) is 0 Å². The number of hydrogen-bond acceptors (Lipinski definition) is 5. The second-order valence-electron chi connectivity index (χ2n) is 8.89. The van der Waals surface area contributed by atoms with Gasteiger partial charge in [-0.05, 0) is 72.3 Å². The zero-order valence-corrected chi connectivity index (χ0v) is 20.9. The SMILES string of the molecule is CNCCOc1ccc(CC/C(=C/c2ccc(OC(=O)C(N)C(C)C)cc2)c2ccccc2)cc1. The molecule has 3 aromatic carbocycles. The van der Waals surface area contributed by atoms with Crippen molar-refractivity contribution in [3.05, 3.63) is 95.6 Å². The van der Waals surface area contributed by atoms with Gasteiger partial charge >= 0.3 is 5.97 Å². The summed E-state index contributed by atoms with van der Waals surface area (Å²) in [6.07, 6.45) is 4.00. The molecule has 0 bridgehead atoms. The maximum Gasteiger partial charge on any atom is 0.328 e. The van der Waals surface area contributed by atoms with Crippen LogP contribution in [0.15, 0.2) is 78.9 Å². The smallest absolute Gasteiger partial charge is 0.328 e. The lowest BCUT2D eigenvalue weighted by Crippen LogP contribution is -2.38. The predicted molar refractivity (Wildman–Crippen MR) is 143 cm³/mol. The van der Waals surface area contributed by atoms with Crippen molar-refractivity contribution in [2.24, 2.45) is 11.7 Å². The molecule has 3 rings (SSSR count). The number of ether oxygens (including phenoxy) is 2. The molecule has 184 valence electrons. The average molecular weight is 473 g/mol. The molecule has 0 aliphatic carbocycles.